The minimum atomic E-state index is 0.442. The standard InChI is InChI=1S/C11H23NO2/c1-10-4-6-12(7-5-10)11(8-13-2)9-14-3/h10-11H,4-9H2,1-3H3. The molecule has 0 aromatic rings. The fraction of sp³-hybridized carbons (Fsp3) is 1.00. The SMILES string of the molecule is COCC(COC)N1CCC(C)CC1. The number of hydrogen-bond acceptors (Lipinski definition) is 3. The van der Waals surface area contributed by atoms with Gasteiger partial charge in [0.2, 0.25) is 0 Å². The molecular weight excluding hydrogens is 178 g/mol. The van der Waals surface area contributed by atoms with Crippen molar-refractivity contribution in [3.05, 3.63) is 0 Å². The molecule has 0 aliphatic carbocycles. The number of methoxy groups -OCH3 is 2. The van der Waals surface area contributed by atoms with Crippen LogP contribution in [0.3, 0.4) is 0 Å². The number of ether oxygens (including phenoxy) is 2. The number of rotatable bonds is 5. The molecule has 1 rings (SSSR count). The molecule has 0 amide bonds. The van der Waals surface area contributed by atoms with Crippen molar-refractivity contribution in [1.82, 2.24) is 4.90 Å². The van der Waals surface area contributed by atoms with Gasteiger partial charge in [0.25, 0.3) is 0 Å². The van der Waals surface area contributed by atoms with Crippen LogP contribution in [0.5, 0.6) is 0 Å². The molecule has 0 atom stereocenters. The lowest BCUT2D eigenvalue weighted by Crippen LogP contribution is -2.45. The Morgan fingerprint density at radius 1 is 1.14 bits per heavy atom. The van der Waals surface area contributed by atoms with Gasteiger partial charge in [-0.25, -0.2) is 0 Å². The summed E-state index contributed by atoms with van der Waals surface area (Å²) in [6.07, 6.45) is 2.62. The maximum Gasteiger partial charge on any atom is 0.0640 e. The van der Waals surface area contributed by atoms with Gasteiger partial charge in [0.1, 0.15) is 0 Å². The van der Waals surface area contributed by atoms with Crippen LogP contribution in [0.25, 0.3) is 0 Å². The highest BCUT2D eigenvalue weighted by Gasteiger charge is 2.22. The van der Waals surface area contributed by atoms with E-state index < -0.39 is 0 Å². The topological polar surface area (TPSA) is 21.7 Å². The first-order valence-corrected chi connectivity index (χ1v) is 5.49. The summed E-state index contributed by atoms with van der Waals surface area (Å²) in [5.41, 5.74) is 0. The number of piperidine rings is 1. The van der Waals surface area contributed by atoms with Crippen molar-refractivity contribution >= 4 is 0 Å². The van der Waals surface area contributed by atoms with E-state index in [1.54, 1.807) is 14.2 Å². The van der Waals surface area contributed by atoms with Gasteiger partial charge in [-0.1, -0.05) is 6.92 Å². The van der Waals surface area contributed by atoms with Crippen molar-refractivity contribution in [2.24, 2.45) is 5.92 Å². The van der Waals surface area contributed by atoms with Crippen molar-refractivity contribution in [2.45, 2.75) is 25.8 Å². The smallest absolute Gasteiger partial charge is 0.0640 e. The first-order chi connectivity index (χ1) is 6.77. The molecule has 3 heteroatoms. The third-order valence-electron chi connectivity index (χ3n) is 3.05. The molecule has 3 nitrogen and oxygen atoms in total. The number of likely N-dealkylation sites (tertiary alicyclic amines) is 1. The summed E-state index contributed by atoms with van der Waals surface area (Å²) in [5, 5.41) is 0. The minimum absolute atomic E-state index is 0.442. The second-order valence-corrected chi connectivity index (χ2v) is 4.28. The molecule has 0 bridgehead atoms. The van der Waals surface area contributed by atoms with E-state index in [4.69, 9.17) is 9.47 Å². The molecule has 14 heavy (non-hydrogen) atoms. The maximum atomic E-state index is 5.21. The summed E-state index contributed by atoms with van der Waals surface area (Å²) in [4.78, 5) is 2.49. The third kappa shape index (κ3) is 3.56. The highest BCUT2D eigenvalue weighted by Crippen LogP contribution is 2.18. The molecule has 0 aromatic heterocycles. The lowest BCUT2D eigenvalue weighted by atomic mass is 9.98. The molecule has 1 aliphatic rings. The molecular formula is C11H23NO2. The molecule has 1 aliphatic heterocycles. The van der Waals surface area contributed by atoms with Crippen LogP contribution in [0.15, 0.2) is 0 Å². The summed E-state index contributed by atoms with van der Waals surface area (Å²) in [6, 6.07) is 0.442. The Morgan fingerprint density at radius 2 is 1.64 bits per heavy atom. The quantitative estimate of drug-likeness (QED) is 0.671. The summed E-state index contributed by atoms with van der Waals surface area (Å²) in [6.45, 7) is 6.28. The molecule has 0 spiro atoms. The monoisotopic (exact) mass is 201 g/mol. The normalized spacial score (nSPS) is 20.6. The summed E-state index contributed by atoms with van der Waals surface area (Å²) < 4.78 is 10.4. The highest BCUT2D eigenvalue weighted by molar-refractivity contribution is 4.76. The minimum Gasteiger partial charge on any atom is -0.383 e. The van der Waals surface area contributed by atoms with Gasteiger partial charge < -0.3 is 9.47 Å². The van der Waals surface area contributed by atoms with Crippen molar-refractivity contribution in [3.8, 4) is 0 Å². The first kappa shape index (κ1) is 12.0. The second-order valence-electron chi connectivity index (χ2n) is 4.28. The molecule has 84 valence electrons. The second kappa shape index (κ2) is 6.38. The predicted octanol–water partition coefficient (Wildman–Crippen LogP) is 1.38. The van der Waals surface area contributed by atoms with Gasteiger partial charge >= 0.3 is 0 Å². The van der Waals surface area contributed by atoms with Gasteiger partial charge in [0.05, 0.1) is 19.3 Å². The average Bonchev–Trinajstić information content (AvgIpc) is 2.19. The van der Waals surface area contributed by atoms with Crippen LogP contribution in [0.2, 0.25) is 0 Å². The molecule has 0 aromatic carbocycles. The lowest BCUT2D eigenvalue weighted by molar-refractivity contribution is 0.0206. The van der Waals surface area contributed by atoms with E-state index in [-0.39, 0.29) is 0 Å². The van der Waals surface area contributed by atoms with Gasteiger partial charge in [-0.3, -0.25) is 4.90 Å². The molecule has 0 radical (unpaired) electrons. The van der Waals surface area contributed by atoms with Crippen molar-refractivity contribution in [1.29, 1.82) is 0 Å². The summed E-state index contributed by atoms with van der Waals surface area (Å²) in [7, 11) is 3.52. The van der Waals surface area contributed by atoms with E-state index in [9.17, 15) is 0 Å². The van der Waals surface area contributed by atoms with Crippen LogP contribution >= 0.6 is 0 Å². The van der Waals surface area contributed by atoms with Crippen LogP contribution in [0, 0.1) is 5.92 Å². The van der Waals surface area contributed by atoms with E-state index in [0.29, 0.717) is 6.04 Å². The van der Waals surface area contributed by atoms with Crippen molar-refractivity contribution in [2.75, 3.05) is 40.5 Å². The van der Waals surface area contributed by atoms with Crippen molar-refractivity contribution < 1.29 is 9.47 Å². The molecule has 1 saturated heterocycles. The van der Waals surface area contributed by atoms with Crippen LogP contribution in [0.1, 0.15) is 19.8 Å². The lowest BCUT2D eigenvalue weighted by Gasteiger charge is -2.36. The van der Waals surface area contributed by atoms with Gasteiger partial charge in [-0.2, -0.15) is 0 Å². The Balaban J connectivity index is 2.34. The van der Waals surface area contributed by atoms with E-state index >= 15 is 0 Å². The van der Waals surface area contributed by atoms with Crippen LogP contribution < -0.4 is 0 Å². The van der Waals surface area contributed by atoms with Crippen LogP contribution in [-0.2, 0) is 9.47 Å². The van der Waals surface area contributed by atoms with E-state index in [0.717, 1.165) is 19.1 Å². The van der Waals surface area contributed by atoms with Crippen LogP contribution in [0.4, 0.5) is 0 Å². The molecule has 1 heterocycles. The largest absolute Gasteiger partial charge is 0.383 e. The number of hydrogen-bond donors (Lipinski definition) is 0. The Labute approximate surface area is 87.4 Å². The fourth-order valence-corrected chi connectivity index (χ4v) is 2.04. The Hall–Kier alpha value is -0.120. The molecule has 1 fully saturated rings. The fourth-order valence-electron chi connectivity index (χ4n) is 2.04. The van der Waals surface area contributed by atoms with E-state index in [1.165, 1.54) is 25.9 Å². The zero-order chi connectivity index (χ0) is 10.4. The predicted molar refractivity (Wildman–Crippen MR) is 57.5 cm³/mol. The van der Waals surface area contributed by atoms with E-state index in [2.05, 4.69) is 11.8 Å². The zero-order valence-electron chi connectivity index (χ0n) is 9.66. The summed E-state index contributed by atoms with van der Waals surface area (Å²) in [5.74, 6) is 0.886. The first-order valence-electron chi connectivity index (χ1n) is 5.49. The van der Waals surface area contributed by atoms with Gasteiger partial charge in [-0.05, 0) is 31.8 Å². The van der Waals surface area contributed by atoms with Gasteiger partial charge in [0, 0.05) is 14.2 Å². The van der Waals surface area contributed by atoms with Crippen LogP contribution in [-0.4, -0.2) is 51.5 Å². The zero-order valence-corrected chi connectivity index (χ0v) is 9.66. The molecule has 0 unspecified atom stereocenters. The highest BCUT2D eigenvalue weighted by atomic mass is 16.5. The Morgan fingerprint density at radius 3 is 2.07 bits per heavy atom. The molecule has 0 saturated carbocycles. The molecule has 0 N–H and O–H groups in total. The van der Waals surface area contributed by atoms with Crippen molar-refractivity contribution in [3.63, 3.8) is 0 Å². The van der Waals surface area contributed by atoms with Gasteiger partial charge in [0.15, 0.2) is 0 Å². The average molecular weight is 201 g/mol. The Kier molecular flexibility index (Phi) is 5.45. The van der Waals surface area contributed by atoms with Gasteiger partial charge in [-0.15, -0.1) is 0 Å². The Bertz CT molecular complexity index is 138. The number of nitrogens with zero attached hydrogens (tertiary/aromatic N) is 1. The maximum absolute atomic E-state index is 5.21. The van der Waals surface area contributed by atoms with E-state index in [1.807, 2.05) is 0 Å². The summed E-state index contributed by atoms with van der Waals surface area (Å²) >= 11 is 0. The third-order valence-corrected chi connectivity index (χ3v) is 3.05.